The molecule has 1 heterocycles. The second-order valence-electron chi connectivity index (χ2n) is 7.29. The van der Waals surface area contributed by atoms with Gasteiger partial charge in [-0.15, -0.1) is 0 Å². The number of rotatable bonds is 7. The molecular formula is C19H34BNO. The standard InChI is InChI=1S/C19H34BNO/c1-7-19(16(4)5)14-21(13-18(20)22-19)12-11-17(6)10-8-9-15(2)3/h9,11,16,18H,7-8,10,12-14H2,1-6H3/b17-11+. The van der Waals surface area contributed by atoms with Gasteiger partial charge in [-0.05, 0) is 46.0 Å². The van der Waals surface area contributed by atoms with Crippen LogP contribution in [-0.2, 0) is 4.74 Å². The number of hydrogen-bond acceptors (Lipinski definition) is 2. The average molecular weight is 303 g/mol. The Hall–Kier alpha value is -0.535. The lowest BCUT2D eigenvalue weighted by atomic mass is 9.83. The van der Waals surface area contributed by atoms with Gasteiger partial charge >= 0.3 is 0 Å². The molecule has 1 aliphatic heterocycles. The lowest BCUT2D eigenvalue weighted by Gasteiger charge is -2.48. The Labute approximate surface area is 139 Å². The van der Waals surface area contributed by atoms with Crippen LogP contribution in [0.15, 0.2) is 23.3 Å². The molecule has 124 valence electrons. The topological polar surface area (TPSA) is 12.5 Å². The van der Waals surface area contributed by atoms with Crippen molar-refractivity contribution in [3.05, 3.63) is 23.3 Å². The number of ether oxygens (including phenoxy) is 1. The van der Waals surface area contributed by atoms with Crippen LogP contribution in [0.3, 0.4) is 0 Å². The van der Waals surface area contributed by atoms with Crippen LogP contribution >= 0.6 is 0 Å². The lowest BCUT2D eigenvalue weighted by Crippen LogP contribution is -2.58. The van der Waals surface area contributed by atoms with Gasteiger partial charge in [-0.25, -0.2) is 0 Å². The van der Waals surface area contributed by atoms with Gasteiger partial charge in [0.25, 0.3) is 0 Å². The summed E-state index contributed by atoms with van der Waals surface area (Å²) < 4.78 is 6.12. The minimum absolute atomic E-state index is 0.0958. The molecule has 0 aliphatic carbocycles. The predicted molar refractivity (Wildman–Crippen MR) is 97.3 cm³/mol. The Morgan fingerprint density at radius 2 is 2.00 bits per heavy atom. The summed E-state index contributed by atoms with van der Waals surface area (Å²) in [6, 6.07) is -0.171. The number of hydrogen-bond donors (Lipinski definition) is 0. The molecule has 1 saturated heterocycles. The maximum atomic E-state index is 6.14. The summed E-state index contributed by atoms with van der Waals surface area (Å²) in [5.41, 5.74) is 2.77. The summed E-state index contributed by atoms with van der Waals surface area (Å²) in [6.07, 6.45) is 7.96. The van der Waals surface area contributed by atoms with Crippen molar-refractivity contribution in [2.45, 2.75) is 72.4 Å². The van der Waals surface area contributed by atoms with Gasteiger partial charge in [0.1, 0.15) is 7.85 Å². The van der Waals surface area contributed by atoms with Crippen LogP contribution in [0.25, 0.3) is 0 Å². The van der Waals surface area contributed by atoms with Gasteiger partial charge in [-0.3, -0.25) is 4.90 Å². The first-order chi connectivity index (χ1) is 10.3. The van der Waals surface area contributed by atoms with Gasteiger partial charge in [0.05, 0.1) is 5.60 Å². The van der Waals surface area contributed by atoms with Crippen LogP contribution in [0.1, 0.15) is 60.8 Å². The van der Waals surface area contributed by atoms with E-state index in [1.54, 1.807) is 0 Å². The Kier molecular flexibility index (Phi) is 7.92. The van der Waals surface area contributed by atoms with Gasteiger partial charge in [0.2, 0.25) is 0 Å². The molecular weight excluding hydrogens is 269 g/mol. The van der Waals surface area contributed by atoms with Crippen LogP contribution in [0.5, 0.6) is 0 Å². The zero-order valence-corrected chi connectivity index (χ0v) is 15.5. The summed E-state index contributed by atoms with van der Waals surface area (Å²) in [4.78, 5) is 2.45. The Bertz CT molecular complexity index is 398. The molecule has 0 aromatic carbocycles. The smallest absolute Gasteiger partial charge is 0.110 e. The van der Waals surface area contributed by atoms with Crippen molar-refractivity contribution in [3.8, 4) is 0 Å². The highest BCUT2D eigenvalue weighted by Gasteiger charge is 2.39. The molecule has 2 radical (unpaired) electrons. The zero-order chi connectivity index (χ0) is 16.8. The quantitative estimate of drug-likeness (QED) is 0.513. The molecule has 2 unspecified atom stereocenters. The Morgan fingerprint density at radius 1 is 1.32 bits per heavy atom. The summed E-state index contributed by atoms with van der Waals surface area (Å²) in [5, 5.41) is 0. The second-order valence-corrected chi connectivity index (χ2v) is 7.29. The molecule has 1 fully saturated rings. The molecule has 1 rings (SSSR count). The highest BCUT2D eigenvalue weighted by atomic mass is 16.5. The van der Waals surface area contributed by atoms with E-state index in [4.69, 9.17) is 12.6 Å². The maximum absolute atomic E-state index is 6.14. The van der Waals surface area contributed by atoms with E-state index in [1.165, 1.54) is 11.1 Å². The van der Waals surface area contributed by atoms with Gasteiger partial charge in [0.15, 0.2) is 0 Å². The monoisotopic (exact) mass is 303 g/mol. The van der Waals surface area contributed by atoms with Gasteiger partial charge in [-0.1, -0.05) is 44.1 Å². The van der Waals surface area contributed by atoms with Gasteiger partial charge < -0.3 is 4.74 Å². The number of morpholine rings is 1. The lowest BCUT2D eigenvalue weighted by molar-refractivity contribution is -0.150. The molecule has 0 bridgehead atoms. The van der Waals surface area contributed by atoms with E-state index >= 15 is 0 Å². The average Bonchev–Trinajstić information content (AvgIpc) is 2.43. The molecule has 0 saturated carbocycles. The maximum Gasteiger partial charge on any atom is 0.110 e. The van der Waals surface area contributed by atoms with Crippen LogP contribution in [0.4, 0.5) is 0 Å². The predicted octanol–water partition coefficient (Wildman–Crippen LogP) is 4.31. The molecule has 0 spiro atoms. The highest BCUT2D eigenvalue weighted by Crippen LogP contribution is 2.31. The van der Waals surface area contributed by atoms with Crippen molar-refractivity contribution in [2.24, 2.45) is 5.92 Å². The fourth-order valence-corrected chi connectivity index (χ4v) is 3.11. The van der Waals surface area contributed by atoms with E-state index in [1.807, 2.05) is 0 Å². The summed E-state index contributed by atoms with van der Waals surface area (Å²) in [6.45, 7) is 16.0. The van der Waals surface area contributed by atoms with Crippen LogP contribution < -0.4 is 0 Å². The molecule has 0 aromatic heterocycles. The fraction of sp³-hybridized carbons (Fsp3) is 0.789. The van der Waals surface area contributed by atoms with Crippen molar-refractivity contribution in [1.29, 1.82) is 0 Å². The van der Waals surface area contributed by atoms with Crippen molar-refractivity contribution < 1.29 is 4.74 Å². The molecule has 0 N–H and O–H groups in total. The first-order valence-corrected chi connectivity index (χ1v) is 8.74. The first kappa shape index (κ1) is 19.5. The first-order valence-electron chi connectivity index (χ1n) is 8.74. The minimum atomic E-state index is -0.171. The van der Waals surface area contributed by atoms with Crippen LogP contribution in [0, 0.1) is 5.92 Å². The van der Waals surface area contributed by atoms with Crippen LogP contribution in [0.2, 0.25) is 0 Å². The molecule has 3 heteroatoms. The Balaban J connectivity index is 2.59. The third-order valence-corrected chi connectivity index (χ3v) is 4.76. The van der Waals surface area contributed by atoms with E-state index in [9.17, 15) is 0 Å². The molecule has 22 heavy (non-hydrogen) atoms. The molecule has 0 amide bonds. The second kappa shape index (κ2) is 8.93. The molecule has 2 nitrogen and oxygen atoms in total. The fourth-order valence-electron chi connectivity index (χ4n) is 3.11. The summed E-state index contributed by atoms with van der Waals surface area (Å²) in [5.74, 6) is 0.481. The van der Waals surface area contributed by atoms with E-state index in [0.29, 0.717) is 5.92 Å². The number of allylic oxidation sites excluding steroid dienone is 3. The SMILES string of the molecule is [B]C1CN(C/C=C(\C)CCC=C(C)C)CC(CC)(C(C)C)O1. The normalized spacial score (nSPS) is 27.2. The van der Waals surface area contributed by atoms with Crippen LogP contribution in [-0.4, -0.2) is 44.0 Å². The van der Waals surface area contributed by atoms with Gasteiger partial charge in [0, 0.05) is 25.6 Å². The number of nitrogens with zero attached hydrogens (tertiary/aromatic N) is 1. The van der Waals surface area contributed by atoms with E-state index in [-0.39, 0.29) is 11.6 Å². The molecule has 1 aliphatic rings. The third kappa shape index (κ3) is 5.93. The van der Waals surface area contributed by atoms with Crippen molar-refractivity contribution in [1.82, 2.24) is 4.90 Å². The molecule has 0 aromatic rings. The highest BCUT2D eigenvalue weighted by molar-refractivity contribution is 6.11. The Morgan fingerprint density at radius 3 is 2.55 bits per heavy atom. The largest absolute Gasteiger partial charge is 0.379 e. The van der Waals surface area contributed by atoms with E-state index < -0.39 is 0 Å². The van der Waals surface area contributed by atoms with Crippen molar-refractivity contribution in [3.63, 3.8) is 0 Å². The molecule has 2 atom stereocenters. The summed E-state index contributed by atoms with van der Waals surface area (Å²) in [7, 11) is 6.14. The van der Waals surface area contributed by atoms with E-state index in [2.05, 4.69) is 58.6 Å². The minimum Gasteiger partial charge on any atom is -0.379 e. The third-order valence-electron chi connectivity index (χ3n) is 4.76. The summed E-state index contributed by atoms with van der Waals surface area (Å²) >= 11 is 0. The van der Waals surface area contributed by atoms with Crippen molar-refractivity contribution >= 4 is 7.85 Å². The van der Waals surface area contributed by atoms with E-state index in [0.717, 1.165) is 38.9 Å². The van der Waals surface area contributed by atoms with Crippen molar-refractivity contribution in [2.75, 3.05) is 19.6 Å². The zero-order valence-electron chi connectivity index (χ0n) is 15.5. The van der Waals surface area contributed by atoms with Gasteiger partial charge in [-0.2, -0.15) is 0 Å².